The molecule has 4 aromatic rings. The smallest absolute Gasteiger partial charge is 0.234 e. The van der Waals surface area contributed by atoms with Crippen LogP contribution in [0, 0.1) is 5.82 Å². The van der Waals surface area contributed by atoms with Crippen molar-refractivity contribution < 1.29 is 13.6 Å². The Morgan fingerprint density at radius 2 is 2.10 bits per heavy atom. The van der Waals surface area contributed by atoms with Gasteiger partial charge in [-0.3, -0.25) is 9.36 Å². The van der Waals surface area contributed by atoms with E-state index in [4.69, 9.17) is 4.42 Å². The molecule has 0 saturated carbocycles. The van der Waals surface area contributed by atoms with Crippen LogP contribution >= 0.6 is 27.7 Å². The zero-order valence-corrected chi connectivity index (χ0v) is 18.0. The Morgan fingerprint density at radius 1 is 1.27 bits per heavy atom. The summed E-state index contributed by atoms with van der Waals surface area (Å²) in [5, 5.41) is 12.5. The van der Waals surface area contributed by atoms with Gasteiger partial charge in [0.1, 0.15) is 11.4 Å². The van der Waals surface area contributed by atoms with E-state index in [-0.39, 0.29) is 17.3 Å². The normalized spacial score (nSPS) is 11.0. The highest BCUT2D eigenvalue weighted by Crippen LogP contribution is 2.31. The number of fused-ring (bicyclic) bond motifs is 1. The molecule has 2 aromatic carbocycles. The number of carbonyl (C=O) groups is 1. The van der Waals surface area contributed by atoms with Crippen LogP contribution in [0.15, 0.2) is 75.2 Å². The minimum atomic E-state index is -0.482. The van der Waals surface area contributed by atoms with Crippen LogP contribution < -0.4 is 5.32 Å². The van der Waals surface area contributed by atoms with E-state index >= 15 is 0 Å². The largest absolute Gasteiger partial charge is 0.453 e. The summed E-state index contributed by atoms with van der Waals surface area (Å²) in [4.78, 5) is 12.2. The third-order valence-electron chi connectivity index (χ3n) is 4.21. The van der Waals surface area contributed by atoms with Crippen molar-refractivity contribution in [3.05, 3.63) is 71.5 Å². The Kier molecular flexibility index (Phi) is 6.01. The molecule has 0 saturated heterocycles. The number of para-hydroxylation sites is 1. The Hall–Kier alpha value is -2.91. The monoisotopic (exact) mass is 486 g/mol. The highest BCUT2D eigenvalue weighted by Gasteiger charge is 2.18. The zero-order chi connectivity index (χ0) is 21.1. The van der Waals surface area contributed by atoms with Crippen LogP contribution in [0.2, 0.25) is 0 Å². The van der Waals surface area contributed by atoms with Crippen molar-refractivity contribution in [3.8, 4) is 11.6 Å². The number of nitrogens with one attached hydrogen (secondary N) is 1. The molecule has 1 amide bonds. The van der Waals surface area contributed by atoms with Gasteiger partial charge in [0.2, 0.25) is 11.7 Å². The number of allylic oxidation sites excluding steroid dienone is 1. The van der Waals surface area contributed by atoms with E-state index in [2.05, 4.69) is 38.0 Å². The third kappa shape index (κ3) is 4.31. The van der Waals surface area contributed by atoms with Crippen molar-refractivity contribution in [2.75, 3.05) is 11.1 Å². The molecule has 0 spiro atoms. The third-order valence-corrected chi connectivity index (χ3v) is 5.67. The van der Waals surface area contributed by atoms with E-state index in [1.165, 1.54) is 23.9 Å². The van der Waals surface area contributed by atoms with E-state index in [1.54, 1.807) is 18.2 Å². The highest BCUT2D eigenvalue weighted by atomic mass is 79.9. The lowest BCUT2D eigenvalue weighted by atomic mass is 10.2. The zero-order valence-electron chi connectivity index (χ0n) is 15.6. The number of hydrogen-bond acceptors (Lipinski definition) is 5. The van der Waals surface area contributed by atoms with Crippen LogP contribution in [0.3, 0.4) is 0 Å². The lowest BCUT2D eigenvalue weighted by molar-refractivity contribution is -0.113. The Morgan fingerprint density at radius 3 is 2.90 bits per heavy atom. The quantitative estimate of drug-likeness (QED) is 0.275. The summed E-state index contributed by atoms with van der Waals surface area (Å²) in [7, 11) is 0. The van der Waals surface area contributed by atoms with Crippen LogP contribution in [0.1, 0.15) is 0 Å². The van der Waals surface area contributed by atoms with Gasteiger partial charge in [0.25, 0.3) is 0 Å². The van der Waals surface area contributed by atoms with Crippen molar-refractivity contribution in [1.82, 2.24) is 14.8 Å². The first-order valence-corrected chi connectivity index (χ1v) is 10.7. The molecule has 30 heavy (non-hydrogen) atoms. The fraction of sp³-hybridized carbons (Fsp3) is 0.0952. The first-order valence-electron chi connectivity index (χ1n) is 8.96. The summed E-state index contributed by atoms with van der Waals surface area (Å²) in [6.07, 6.45) is 1.72. The molecule has 0 aliphatic rings. The molecule has 4 rings (SSSR count). The molecule has 0 radical (unpaired) electrons. The average Bonchev–Trinajstić information content (AvgIpc) is 3.32. The molecule has 0 bridgehead atoms. The number of aromatic nitrogens is 3. The minimum absolute atomic E-state index is 0.0523. The predicted molar refractivity (Wildman–Crippen MR) is 119 cm³/mol. The van der Waals surface area contributed by atoms with Crippen molar-refractivity contribution in [1.29, 1.82) is 0 Å². The van der Waals surface area contributed by atoms with Gasteiger partial charge in [-0.2, -0.15) is 0 Å². The molecule has 1 N–H and O–H groups in total. The van der Waals surface area contributed by atoms with Crippen molar-refractivity contribution in [2.24, 2.45) is 0 Å². The number of benzene rings is 2. The summed E-state index contributed by atoms with van der Waals surface area (Å²) >= 11 is 4.65. The van der Waals surface area contributed by atoms with E-state index in [0.717, 1.165) is 15.4 Å². The molecule has 0 aliphatic carbocycles. The lowest BCUT2D eigenvalue weighted by Gasteiger charge is -2.07. The molecule has 2 heterocycles. The second-order valence-corrected chi connectivity index (χ2v) is 8.17. The number of thioether (sulfide) groups is 1. The van der Waals surface area contributed by atoms with Gasteiger partial charge in [-0.25, -0.2) is 4.39 Å². The molecule has 9 heteroatoms. The molecule has 6 nitrogen and oxygen atoms in total. The summed E-state index contributed by atoms with van der Waals surface area (Å²) in [6.45, 7) is 4.23. The van der Waals surface area contributed by atoms with Crippen molar-refractivity contribution >= 4 is 50.3 Å². The maximum absolute atomic E-state index is 13.7. The van der Waals surface area contributed by atoms with Crippen molar-refractivity contribution in [2.45, 2.75) is 11.7 Å². The Bertz CT molecular complexity index is 1240. The SMILES string of the molecule is C=CCn1c(SCC(=O)Nc2ccccc2F)nnc1-c1cc2cc(Br)ccc2o1. The number of halogens is 2. The molecule has 0 unspecified atom stereocenters. The summed E-state index contributed by atoms with van der Waals surface area (Å²) in [6, 6.07) is 13.7. The van der Waals surface area contributed by atoms with Gasteiger partial charge in [-0.15, -0.1) is 16.8 Å². The van der Waals surface area contributed by atoms with Gasteiger partial charge in [-0.05, 0) is 36.4 Å². The van der Waals surface area contributed by atoms with Crippen LogP contribution in [0.25, 0.3) is 22.6 Å². The number of hydrogen-bond donors (Lipinski definition) is 1. The summed E-state index contributed by atoms with van der Waals surface area (Å²) < 4.78 is 22.4. The van der Waals surface area contributed by atoms with Crippen molar-refractivity contribution in [3.63, 3.8) is 0 Å². The molecule has 0 aliphatic heterocycles. The van der Waals surface area contributed by atoms with Gasteiger partial charge in [0.15, 0.2) is 10.9 Å². The molecular weight excluding hydrogens is 471 g/mol. The highest BCUT2D eigenvalue weighted by molar-refractivity contribution is 9.10. The fourth-order valence-corrected chi connectivity index (χ4v) is 4.00. The van der Waals surface area contributed by atoms with E-state index in [0.29, 0.717) is 23.3 Å². The number of furan rings is 1. The minimum Gasteiger partial charge on any atom is -0.453 e. The van der Waals surface area contributed by atoms with Crippen LogP contribution in [-0.2, 0) is 11.3 Å². The van der Waals surface area contributed by atoms with Gasteiger partial charge >= 0.3 is 0 Å². The molecule has 0 atom stereocenters. The molecule has 152 valence electrons. The van der Waals surface area contributed by atoms with Gasteiger partial charge in [0.05, 0.1) is 11.4 Å². The Balaban J connectivity index is 1.54. The fourth-order valence-electron chi connectivity index (χ4n) is 2.87. The van der Waals surface area contributed by atoms with E-state index in [1.807, 2.05) is 28.8 Å². The molecule has 2 aromatic heterocycles. The van der Waals surface area contributed by atoms with Gasteiger partial charge in [0, 0.05) is 16.4 Å². The van der Waals surface area contributed by atoms with E-state index in [9.17, 15) is 9.18 Å². The number of nitrogens with zero attached hydrogens (tertiary/aromatic N) is 3. The first kappa shape index (κ1) is 20.4. The lowest BCUT2D eigenvalue weighted by Crippen LogP contribution is -2.15. The molecule has 0 fully saturated rings. The Labute approximate surface area is 184 Å². The van der Waals surface area contributed by atoms with Crippen LogP contribution in [0.5, 0.6) is 0 Å². The van der Waals surface area contributed by atoms with Gasteiger partial charge in [-0.1, -0.05) is 45.9 Å². The second kappa shape index (κ2) is 8.85. The summed E-state index contributed by atoms with van der Waals surface area (Å²) in [5.41, 5.74) is 0.879. The topological polar surface area (TPSA) is 73.0 Å². The number of anilines is 1. The van der Waals surface area contributed by atoms with Crippen LogP contribution in [0.4, 0.5) is 10.1 Å². The maximum atomic E-state index is 13.7. The maximum Gasteiger partial charge on any atom is 0.234 e. The standard InChI is InChI=1S/C21H16BrFN4O2S/c1-2-9-27-20(18-11-13-10-14(22)7-8-17(13)29-18)25-26-21(27)30-12-19(28)24-16-6-4-3-5-15(16)23/h2-8,10-11H,1,9,12H2,(H,24,28). The number of amides is 1. The number of carbonyl (C=O) groups excluding carboxylic acids is 1. The second-order valence-electron chi connectivity index (χ2n) is 6.31. The molecular formula is C21H16BrFN4O2S. The number of rotatable bonds is 7. The first-order chi connectivity index (χ1) is 14.5. The predicted octanol–water partition coefficient (Wildman–Crippen LogP) is 5.51. The average molecular weight is 487 g/mol. The van der Waals surface area contributed by atoms with E-state index < -0.39 is 5.82 Å². The summed E-state index contributed by atoms with van der Waals surface area (Å²) in [5.74, 6) is 0.341. The van der Waals surface area contributed by atoms with Crippen LogP contribution in [-0.4, -0.2) is 26.4 Å². The van der Waals surface area contributed by atoms with Gasteiger partial charge < -0.3 is 9.73 Å².